The molecule has 0 radical (unpaired) electrons. The third-order valence-corrected chi connectivity index (χ3v) is 28.2. The first-order chi connectivity index (χ1) is 67.5. The van der Waals surface area contributed by atoms with Crippen molar-refractivity contribution < 1.29 is 0 Å². The Morgan fingerprint density at radius 3 is 0.912 bits per heavy atom. The van der Waals surface area contributed by atoms with E-state index in [-0.39, 0.29) is 0 Å². The van der Waals surface area contributed by atoms with Gasteiger partial charge in [0.25, 0.3) is 0 Å². The highest BCUT2D eigenvalue weighted by Gasteiger charge is 2.29. The molecule has 26 aromatic rings. The minimum Gasteiger partial charge on any atom is -0.308 e. The van der Waals surface area contributed by atoms with E-state index < -0.39 is 0 Å². The number of nitrogens with zero attached hydrogens (tertiary/aromatic N) is 10. The van der Waals surface area contributed by atoms with E-state index in [9.17, 15) is 0 Å². The van der Waals surface area contributed by atoms with Crippen LogP contribution in [0.25, 0.3) is 253 Å². The van der Waals surface area contributed by atoms with Crippen molar-refractivity contribution in [3.8, 4) is 169 Å². The number of rotatable bonds is 16. The fraction of sp³-hybridized carbons (Fsp3) is 0. The van der Waals surface area contributed by atoms with Gasteiger partial charge in [0.1, 0.15) is 0 Å². The van der Waals surface area contributed by atoms with E-state index in [4.69, 9.17) is 39.9 Å². The van der Waals surface area contributed by atoms with Gasteiger partial charge in [-0.1, -0.05) is 394 Å². The fourth-order valence-corrected chi connectivity index (χ4v) is 22.1. The van der Waals surface area contributed by atoms with Crippen molar-refractivity contribution in [1.82, 2.24) is 49.0 Å². The number of pyridine rings is 2. The summed E-state index contributed by atoms with van der Waals surface area (Å²) in [6.07, 6.45) is 4.07. The molecule has 636 valence electrons. The van der Waals surface area contributed by atoms with E-state index in [0.717, 1.165) is 139 Å². The van der Waals surface area contributed by atoms with Crippen LogP contribution in [0.4, 0.5) is 0 Å². The third-order valence-electron chi connectivity index (χ3n) is 25.8. The monoisotopic (exact) mass is 1770 g/mol. The van der Waals surface area contributed by atoms with Crippen LogP contribution in [-0.4, -0.2) is 49.0 Å². The van der Waals surface area contributed by atoms with E-state index in [2.05, 4.69) is 397 Å². The second-order valence-corrected chi connectivity index (χ2v) is 36.0. The Kier molecular flexibility index (Phi) is 20.4. The van der Waals surface area contributed by atoms with Crippen LogP contribution in [0, 0.1) is 0 Å². The molecule has 0 saturated heterocycles. The summed E-state index contributed by atoms with van der Waals surface area (Å²) in [4.78, 5) is 42.6. The van der Waals surface area contributed by atoms with Crippen LogP contribution in [0.2, 0.25) is 0 Å². The summed E-state index contributed by atoms with van der Waals surface area (Å²) in [6.45, 7) is 0. The molecule has 26 rings (SSSR count). The Morgan fingerprint density at radius 2 is 0.500 bits per heavy atom. The molecule has 10 nitrogen and oxygen atoms in total. The minimum absolute atomic E-state index is 0.545. The molecular weight excluding hydrogens is 1690 g/mol. The summed E-state index contributed by atoms with van der Waals surface area (Å²) in [5, 5.41) is 9.66. The van der Waals surface area contributed by atoms with Gasteiger partial charge in [0.2, 0.25) is 0 Å². The lowest BCUT2D eigenvalue weighted by atomic mass is 9.87. The van der Waals surface area contributed by atoms with Gasteiger partial charge >= 0.3 is 0 Å². The van der Waals surface area contributed by atoms with Crippen molar-refractivity contribution >= 4 is 107 Å². The Labute approximate surface area is 792 Å². The van der Waals surface area contributed by atoms with Crippen LogP contribution in [0.1, 0.15) is 0 Å². The van der Waals surface area contributed by atoms with Crippen molar-refractivity contribution in [2.24, 2.45) is 0 Å². The predicted molar refractivity (Wildman–Crippen MR) is 566 cm³/mol. The molecule has 8 heterocycles. The largest absolute Gasteiger partial charge is 0.308 e. The molecule has 0 saturated carbocycles. The number of thiophene rings is 2. The molecule has 12 heteroatoms. The van der Waals surface area contributed by atoms with Gasteiger partial charge in [-0.15, -0.1) is 22.7 Å². The predicted octanol–water partition coefficient (Wildman–Crippen LogP) is 32.8. The molecule has 0 atom stereocenters. The van der Waals surface area contributed by atoms with E-state index in [1.165, 1.54) is 78.6 Å². The maximum atomic E-state index is 5.57. The standard InChI is InChI=1S/2C62H39N5S/c1-6-20-40(21-7-1)46-31-18-32-47(41-22-8-2-9-23-41)55(46)44-38-52(62-65-60(42-24-10-3-11-25-42)64-61(66-62)43-26-12-4-13-27-43)57(63-39-44)50-33-19-35-54-56(50)51-37-36-49-48-30-16-17-34-53(48)67(58(49)59(51)68-54)45-28-14-5-15-29-45;1-6-19-40(20-7-1)47-30-18-31-48(41-21-8-2-9-22-41)56(47)45-38-53(62-65-60(42-23-10-3-11-24-42)64-61(66-62)43-25-12-4-13-26-43)57(63-39-45)44-33-36-55-52(37-44)51-35-34-50-49-29-16-17-32-54(49)67(58(50)59(51)68-55)46-27-14-5-15-28-46/h2*1-39H. The van der Waals surface area contributed by atoms with Crippen molar-refractivity contribution in [1.29, 1.82) is 0 Å². The number of hydrogen-bond acceptors (Lipinski definition) is 10. The average Bonchev–Trinajstić information content (AvgIpc) is 1.52. The molecule has 0 bridgehead atoms. The van der Waals surface area contributed by atoms with Gasteiger partial charge in [0.05, 0.1) is 42.9 Å². The number of para-hydroxylation sites is 4. The minimum atomic E-state index is 0.545. The normalized spacial score (nSPS) is 11.5. The van der Waals surface area contributed by atoms with Crippen LogP contribution in [-0.2, 0) is 0 Å². The van der Waals surface area contributed by atoms with Crippen LogP contribution in [0.3, 0.4) is 0 Å². The van der Waals surface area contributed by atoms with E-state index >= 15 is 0 Å². The van der Waals surface area contributed by atoms with E-state index in [1.807, 2.05) is 108 Å². The summed E-state index contributed by atoms with van der Waals surface area (Å²) in [5.41, 5.74) is 28.9. The van der Waals surface area contributed by atoms with Crippen molar-refractivity contribution in [2.45, 2.75) is 0 Å². The number of benzene rings is 18. The second kappa shape index (κ2) is 34.6. The number of fused-ring (bicyclic) bond motifs is 14. The summed E-state index contributed by atoms with van der Waals surface area (Å²) >= 11 is 3.68. The molecule has 0 aliphatic rings. The number of aromatic nitrogens is 10. The molecule has 0 aliphatic carbocycles. The SMILES string of the molecule is c1ccc(-c2nc(-c3ccccc3)nc(-c3cc(-c4c(-c5ccccc5)cccc4-c4ccccc4)cnc3-c3ccc4sc5c(ccc6c7ccccc7n(-c7ccccc7)c65)c4c3)n2)cc1.c1ccc(-c2nc(-c3ccccc3)nc(-c3cc(-c4c(-c5ccccc5)cccc4-c4ccccc4)cnc3-c3cccc4sc5c(ccc6c7ccccc7n(-c7ccccc7)c65)c34)n2)cc1. The summed E-state index contributed by atoms with van der Waals surface area (Å²) in [5.74, 6) is 3.47. The summed E-state index contributed by atoms with van der Waals surface area (Å²) in [6, 6.07) is 162. The van der Waals surface area contributed by atoms with Crippen LogP contribution in [0.5, 0.6) is 0 Å². The van der Waals surface area contributed by atoms with E-state index in [1.54, 1.807) is 0 Å². The zero-order chi connectivity index (χ0) is 89.9. The lowest BCUT2D eigenvalue weighted by Crippen LogP contribution is -2.02. The van der Waals surface area contributed by atoms with Gasteiger partial charge in [-0.3, -0.25) is 9.97 Å². The van der Waals surface area contributed by atoms with Gasteiger partial charge in [-0.05, 0) is 122 Å². The average molecular weight is 1770 g/mol. The van der Waals surface area contributed by atoms with Crippen LogP contribution < -0.4 is 0 Å². The molecule has 0 N–H and O–H groups in total. The Bertz CT molecular complexity index is 8820. The summed E-state index contributed by atoms with van der Waals surface area (Å²) < 4.78 is 9.72. The molecule has 0 unspecified atom stereocenters. The maximum Gasteiger partial charge on any atom is 0.166 e. The molecule has 0 spiro atoms. The quantitative estimate of drug-likeness (QED) is 0.0940. The molecule has 0 amide bonds. The number of hydrogen-bond donors (Lipinski definition) is 0. The smallest absolute Gasteiger partial charge is 0.166 e. The Morgan fingerprint density at radius 1 is 0.184 bits per heavy atom. The Hall–Kier alpha value is -17.7. The first kappa shape index (κ1) is 80.4. The van der Waals surface area contributed by atoms with E-state index in [0.29, 0.717) is 34.9 Å². The molecule has 136 heavy (non-hydrogen) atoms. The molecule has 0 fully saturated rings. The highest BCUT2D eigenvalue weighted by Crippen LogP contribution is 2.52. The maximum absolute atomic E-state index is 5.57. The van der Waals surface area contributed by atoms with Gasteiger partial charge in [0, 0.05) is 132 Å². The van der Waals surface area contributed by atoms with Crippen molar-refractivity contribution in [3.05, 3.63) is 473 Å². The van der Waals surface area contributed by atoms with Crippen molar-refractivity contribution in [2.75, 3.05) is 0 Å². The second-order valence-electron chi connectivity index (χ2n) is 33.9. The Balaban J connectivity index is 0.000000145. The third kappa shape index (κ3) is 14.4. The van der Waals surface area contributed by atoms with Gasteiger partial charge in [-0.2, -0.15) is 0 Å². The first-order valence-electron chi connectivity index (χ1n) is 45.6. The van der Waals surface area contributed by atoms with Gasteiger partial charge in [0.15, 0.2) is 34.9 Å². The molecule has 8 aromatic heterocycles. The van der Waals surface area contributed by atoms with Crippen LogP contribution >= 0.6 is 22.7 Å². The zero-order valence-electron chi connectivity index (χ0n) is 73.3. The lowest BCUT2D eigenvalue weighted by Gasteiger charge is -2.18. The molecular formula is C124H78N10S2. The van der Waals surface area contributed by atoms with Gasteiger partial charge in [-0.25, -0.2) is 29.9 Å². The lowest BCUT2D eigenvalue weighted by molar-refractivity contribution is 1.07. The topological polar surface area (TPSA) is 113 Å². The highest BCUT2D eigenvalue weighted by atomic mass is 32.1. The zero-order valence-corrected chi connectivity index (χ0v) is 75.0. The fourth-order valence-electron chi connectivity index (χ4n) is 19.7. The highest BCUT2D eigenvalue weighted by molar-refractivity contribution is 7.27. The molecule has 0 aliphatic heterocycles. The molecule has 18 aromatic carbocycles. The van der Waals surface area contributed by atoms with Gasteiger partial charge < -0.3 is 9.13 Å². The van der Waals surface area contributed by atoms with Crippen molar-refractivity contribution in [3.63, 3.8) is 0 Å². The first-order valence-corrected chi connectivity index (χ1v) is 47.2. The van der Waals surface area contributed by atoms with Crippen LogP contribution in [0.15, 0.2) is 473 Å². The summed E-state index contributed by atoms with van der Waals surface area (Å²) in [7, 11) is 0.